The number of carbonyl (C=O) groups excluding carboxylic acids is 3. The molecule has 200 valence electrons. The standard InChI is InChI=1S/C32H31NO6/c1-2-37-32(36)30-29-25(18-27(39-30)24-16-10-5-11-17-24)31(35)33(20-22-12-6-3-7-13-22)26(29)19-28(34)38-21-23-14-8-4-9-15-23/h3-18,25-26,29-30H,2,19-21H2,1H3/t25-,26+,29-,30+/m1/s1. The second kappa shape index (κ2) is 12.0. The quantitative estimate of drug-likeness (QED) is 0.375. The van der Waals surface area contributed by atoms with E-state index in [1.54, 1.807) is 17.9 Å². The zero-order valence-corrected chi connectivity index (χ0v) is 21.8. The summed E-state index contributed by atoms with van der Waals surface area (Å²) in [5, 5.41) is 0. The average Bonchev–Trinajstić information content (AvgIpc) is 3.23. The number of fused-ring (bicyclic) bond motifs is 1. The van der Waals surface area contributed by atoms with Crippen molar-refractivity contribution < 1.29 is 28.6 Å². The lowest BCUT2D eigenvalue weighted by Gasteiger charge is -2.34. The molecule has 0 radical (unpaired) electrons. The summed E-state index contributed by atoms with van der Waals surface area (Å²) in [4.78, 5) is 41.9. The summed E-state index contributed by atoms with van der Waals surface area (Å²) in [5.74, 6) is -1.97. The highest BCUT2D eigenvalue weighted by Gasteiger charge is 2.56. The maximum Gasteiger partial charge on any atom is 0.347 e. The van der Waals surface area contributed by atoms with Crippen LogP contribution in [0.2, 0.25) is 0 Å². The van der Waals surface area contributed by atoms with Gasteiger partial charge < -0.3 is 19.1 Å². The Hall–Kier alpha value is -4.39. The lowest BCUT2D eigenvalue weighted by Crippen LogP contribution is -2.45. The van der Waals surface area contributed by atoms with Gasteiger partial charge in [-0.3, -0.25) is 9.59 Å². The van der Waals surface area contributed by atoms with Crippen LogP contribution in [0.5, 0.6) is 0 Å². The molecule has 5 rings (SSSR count). The minimum atomic E-state index is -1.05. The molecule has 0 unspecified atom stereocenters. The third-order valence-corrected chi connectivity index (χ3v) is 7.15. The van der Waals surface area contributed by atoms with Crippen molar-refractivity contribution in [1.29, 1.82) is 0 Å². The second-order valence-corrected chi connectivity index (χ2v) is 9.66. The molecule has 0 bridgehead atoms. The number of nitrogens with zero attached hydrogens (tertiary/aromatic N) is 1. The van der Waals surface area contributed by atoms with Crippen LogP contribution in [0.25, 0.3) is 5.76 Å². The number of ether oxygens (including phenoxy) is 3. The van der Waals surface area contributed by atoms with Crippen molar-refractivity contribution in [2.75, 3.05) is 6.61 Å². The molecule has 2 aliphatic rings. The van der Waals surface area contributed by atoms with Gasteiger partial charge in [0.2, 0.25) is 12.0 Å². The van der Waals surface area contributed by atoms with Gasteiger partial charge in [-0.1, -0.05) is 91.0 Å². The first-order chi connectivity index (χ1) is 19.0. The largest absolute Gasteiger partial charge is 0.478 e. The number of likely N-dealkylation sites (tertiary alicyclic amines) is 1. The van der Waals surface area contributed by atoms with Gasteiger partial charge >= 0.3 is 11.9 Å². The predicted octanol–water partition coefficient (Wildman–Crippen LogP) is 4.77. The van der Waals surface area contributed by atoms with Gasteiger partial charge in [0.25, 0.3) is 0 Å². The smallest absolute Gasteiger partial charge is 0.347 e. The fourth-order valence-electron chi connectivity index (χ4n) is 5.34. The van der Waals surface area contributed by atoms with Crippen LogP contribution in [0.3, 0.4) is 0 Å². The molecular formula is C32H31NO6. The molecule has 0 aliphatic carbocycles. The van der Waals surface area contributed by atoms with E-state index < -0.39 is 35.9 Å². The monoisotopic (exact) mass is 525 g/mol. The Kier molecular flexibility index (Phi) is 8.06. The van der Waals surface area contributed by atoms with E-state index in [1.165, 1.54) is 0 Å². The van der Waals surface area contributed by atoms with Crippen molar-refractivity contribution in [3.05, 3.63) is 114 Å². The Morgan fingerprint density at radius 1 is 0.846 bits per heavy atom. The van der Waals surface area contributed by atoms with Crippen LogP contribution in [-0.4, -0.2) is 41.5 Å². The summed E-state index contributed by atoms with van der Waals surface area (Å²) in [7, 11) is 0. The fraction of sp³-hybridized carbons (Fsp3) is 0.281. The molecule has 3 aromatic carbocycles. The van der Waals surface area contributed by atoms with E-state index in [-0.39, 0.29) is 25.5 Å². The van der Waals surface area contributed by atoms with Gasteiger partial charge in [0.1, 0.15) is 12.4 Å². The van der Waals surface area contributed by atoms with Crippen molar-refractivity contribution >= 4 is 23.6 Å². The highest BCUT2D eigenvalue weighted by molar-refractivity contribution is 5.90. The summed E-state index contributed by atoms with van der Waals surface area (Å²) in [6.45, 7) is 2.33. The predicted molar refractivity (Wildman–Crippen MR) is 145 cm³/mol. The normalized spacial score (nSPS) is 21.9. The summed E-state index contributed by atoms with van der Waals surface area (Å²) in [6, 6.07) is 27.8. The fourth-order valence-corrected chi connectivity index (χ4v) is 5.34. The van der Waals surface area contributed by atoms with E-state index in [0.29, 0.717) is 12.3 Å². The van der Waals surface area contributed by atoms with Gasteiger partial charge in [-0.15, -0.1) is 0 Å². The van der Waals surface area contributed by atoms with Gasteiger partial charge in [-0.25, -0.2) is 4.79 Å². The number of esters is 2. The average molecular weight is 526 g/mol. The molecular weight excluding hydrogens is 494 g/mol. The molecule has 0 spiro atoms. The third-order valence-electron chi connectivity index (χ3n) is 7.15. The minimum absolute atomic E-state index is 0.0691. The van der Waals surface area contributed by atoms with Crippen LogP contribution in [0, 0.1) is 11.8 Å². The van der Waals surface area contributed by atoms with Crippen molar-refractivity contribution in [2.24, 2.45) is 11.8 Å². The molecule has 1 fully saturated rings. The Morgan fingerprint density at radius 2 is 1.46 bits per heavy atom. The number of hydrogen-bond donors (Lipinski definition) is 0. The van der Waals surface area contributed by atoms with E-state index >= 15 is 0 Å². The Bertz CT molecular complexity index is 1320. The maximum absolute atomic E-state index is 13.9. The Morgan fingerprint density at radius 3 is 2.10 bits per heavy atom. The summed E-state index contributed by atoms with van der Waals surface area (Å²) in [5.41, 5.74) is 2.56. The van der Waals surface area contributed by atoms with Crippen LogP contribution < -0.4 is 0 Å². The molecule has 4 atom stereocenters. The van der Waals surface area contributed by atoms with Crippen LogP contribution in [-0.2, 0) is 41.7 Å². The summed E-state index contributed by atoms with van der Waals surface area (Å²) >= 11 is 0. The number of amides is 1. The maximum atomic E-state index is 13.9. The number of benzene rings is 3. The highest BCUT2D eigenvalue weighted by Crippen LogP contribution is 2.44. The first kappa shape index (κ1) is 26.2. The minimum Gasteiger partial charge on any atom is -0.478 e. The van der Waals surface area contributed by atoms with Crippen molar-refractivity contribution in [3.63, 3.8) is 0 Å². The third kappa shape index (κ3) is 5.87. The van der Waals surface area contributed by atoms with E-state index in [2.05, 4.69) is 0 Å². The summed E-state index contributed by atoms with van der Waals surface area (Å²) < 4.78 is 17.2. The molecule has 0 N–H and O–H groups in total. The zero-order valence-electron chi connectivity index (χ0n) is 21.8. The molecule has 3 aromatic rings. The van der Waals surface area contributed by atoms with Crippen molar-refractivity contribution in [3.8, 4) is 0 Å². The molecule has 7 nitrogen and oxygen atoms in total. The molecule has 0 saturated carbocycles. The van der Waals surface area contributed by atoms with E-state index in [1.807, 2.05) is 91.0 Å². The lowest BCUT2D eigenvalue weighted by atomic mass is 9.81. The molecule has 7 heteroatoms. The molecule has 1 saturated heterocycles. The molecule has 0 aromatic heterocycles. The number of rotatable bonds is 9. The topological polar surface area (TPSA) is 82.1 Å². The van der Waals surface area contributed by atoms with Gasteiger partial charge in [0.05, 0.1) is 25.0 Å². The molecule has 2 heterocycles. The van der Waals surface area contributed by atoms with E-state index in [0.717, 1.165) is 16.7 Å². The Labute approximate surface area is 228 Å². The van der Waals surface area contributed by atoms with Gasteiger partial charge in [-0.2, -0.15) is 0 Å². The first-order valence-corrected chi connectivity index (χ1v) is 13.2. The van der Waals surface area contributed by atoms with E-state index in [9.17, 15) is 14.4 Å². The van der Waals surface area contributed by atoms with Crippen LogP contribution >= 0.6 is 0 Å². The second-order valence-electron chi connectivity index (χ2n) is 9.66. The first-order valence-electron chi connectivity index (χ1n) is 13.2. The Balaban J connectivity index is 1.48. The van der Waals surface area contributed by atoms with Crippen LogP contribution in [0.15, 0.2) is 97.1 Å². The number of hydrogen-bond acceptors (Lipinski definition) is 6. The van der Waals surface area contributed by atoms with Crippen LogP contribution in [0.4, 0.5) is 0 Å². The summed E-state index contributed by atoms with van der Waals surface area (Å²) in [6.07, 6.45) is 0.665. The molecule has 39 heavy (non-hydrogen) atoms. The van der Waals surface area contributed by atoms with Crippen LogP contribution in [0.1, 0.15) is 30.0 Å². The van der Waals surface area contributed by atoms with Crippen molar-refractivity contribution in [2.45, 2.75) is 38.6 Å². The SMILES string of the molecule is CCOC(=O)[C@H]1OC(c2ccccc2)=C[C@H]2C(=O)N(Cc3ccccc3)[C@@H](CC(=O)OCc3ccccc3)[C@H]12. The highest BCUT2D eigenvalue weighted by atomic mass is 16.6. The lowest BCUT2D eigenvalue weighted by molar-refractivity contribution is -0.159. The van der Waals surface area contributed by atoms with Crippen molar-refractivity contribution in [1.82, 2.24) is 4.90 Å². The number of carbonyl (C=O) groups is 3. The molecule has 1 amide bonds. The zero-order chi connectivity index (χ0) is 27.2. The molecule has 2 aliphatic heterocycles. The van der Waals surface area contributed by atoms with Gasteiger partial charge in [-0.05, 0) is 24.1 Å². The van der Waals surface area contributed by atoms with E-state index in [4.69, 9.17) is 14.2 Å². The van der Waals surface area contributed by atoms with Gasteiger partial charge in [0, 0.05) is 18.0 Å². The van der Waals surface area contributed by atoms with Gasteiger partial charge in [0.15, 0.2) is 0 Å².